The monoisotopic (exact) mass is 260 g/mol. The Morgan fingerprint density at radius 1 is 0.632 bits per heavy atom. The highest BCUT2D eigenvalue weighted by molar-refractivity contribution is 5.28. The Labute approximate surface area is 118 Å². The first kappa shape index (κ1) is 14.4. The van der Waals surface area contributed by atoms with E-state index < -0.39 is 0 Å². The normalized spacial score (nSPS) is 20.4. The summed E-state index contributed by atoms with van der Waals surface area (Å²) in [6.45, 7) is 0. The molecule has 1 N–H and O–H groups in total. The van der Waals surface area contributed by atoms with Crippen LogP contribution in [-0.2, 0) is 0 Å². The van der Waals surface area contributed by atoms with Crippen LogP contribution in [0.4, 0.5) is 0 Å². The fraction of sp³-hybridized carbons (Fsp3) is 0.667. The predicted molar refractivity (Wildman–Crippen MR) is 81.6 cm³/mol. The quantitative estimate of drug-likeness (QED) is 0.678. The highest BCUT2D eigenvalue weighted by Gasteiger charge is 2.11. The van der Waals surface area contributed by atoms with Gasteiger partial charge in [0, 0.05) is 0 Å². The molecule has 1 aliphatic rings. The number of aromatic hydroxyl groups is 1. The van der Waals surface area contributed by atoms with Crippen LogP contribution in [0.15, 0.2) is 24.3 Å². The Balaban J connectivity index is 1.92. The zero-order valence-electron chi connectivity index (χ0n) is 12.1. The standard InChI is InChI=1S/C18H28O/c19-18-14-12-17(13-15-18)16-10-8-6-4-2-1-3-5-7-9-11-16/h12-16,19H,1-11H2. The molecule has 0 amide bonds. The largest absolute Gasteiger partial charge is 0.508 e. The van der Waals surface area contributed by atoms with Gasteiger partial charge in [0.2, 0.25) is 0 Å². The minimum absolute atomic E-state index is 0.386. The smallest absolute Gasteiger partial charge is 0.115 e. The number of rotatable bonds is 1. The molecule has 0 atom stereocenters. The van der Waals surface area contributed by atoms with E-state index in [0.29, 0.717) is 11.7 Å². The Morgan fingerprint density at radius 2 is 1.05 bits per heavy atom. The van der Waals surface area contributed by atoms with Crippen LogP contribution < -0.4 is 0 Å². The minimum atomic E-state index is 0.386. The molecule has 0 bridgehead atoms. The molecule has 0 saturated heterocycles. The summed E-state index contributed by atoms with van der Waals surface area (Å²) in [5, 5.41) is 9.41. The molecule has 1 aromatic carbocycles. The van der Waals surface area contributed by atoms with Crippen LogP contribution in [0.1, 0.15) is 82.1 Å². The van der Waals surface area contributed by atoms with E-state index in [4.69, 9.17) is 0 Å². The summed E-state index contributed by atoms with van der Waals surface area (Å²) in [6.07, 6.45) is 15.3. The third-order valence-corrected chi connectivity index (χ3v) is 4.47. The molecule has 1 aliphatic carbocycles. The number of phenols is 1. The second kappa shape index (κ2) is 8.24. The van der Waals surface area contributed by atoms with Crippen molar-refractivity contribution in [2.24, 2.45) is 0 Å². The van der Waals surface area contributed by atoms with Crippen molar-refractivity contribution in [2.75, 3.05) is 0 Å². The van der Waals surface area contributed by atoms with Gasteiger partial charge in [-0.2, -0.15) is 0 Å². The van der Waals surface area contributed by atoms with Gasteiger partial charge in [-0.15, -0.1) is 0 Å². The zero-order valence-corrected chi connectivity index (χ0v) is 12.1. The van der Waals surface area contributed by atoms with Gasteiger partial charge in [-0.25, -0.2) is 0 Å². The molecule has 0 aliphatic heterocycles. The molecule has 0 unspecified atom stereocenters. The number of phenolic OH excluding ortho intramolecular Hbond substituents is 1. The lowest BCUT2D eigenvalue weighted by atomic mass is 9.87. The summed E-state index contributed by atoms with van der Waals surface area (Å²) in [5.74, 6) is 1.09. The average Bonchev–Trinajstić information content (AvgIpc) is 2.41. The summed E-state index contributed by atoms with van der Waals surface area (Å²) < 4.78 is 0. The Hall–Kier alpha value is -0.980. The van der Waals surface area contributed by atoms with Crippen molar-refractivity contribution in [3.05, 3.63) is 29.8 Å². The average molecular weight is 260 g/mol. The molecule has 1 aromatic rings. The SMILES string of the molecule is Oc1ccc(C2CCCCCCCCCCC2)cc1. The van der Waals surface area contributed by atoms with E-state index in [1.165, 1.54) is 76.2 Å². The van der Waals surface area contributed by atoms with E-state index in [-0.39, 0.29) is 0 Å². The van der Waals surface area contributed by atoms with E-state index in [0.717, 1.165) is 0 Å². The van der Waals surface area contributed by atoms with E-state index in [2.05, 4.69) is 12.1 Å². The van der Waals surface area contributed by atoms with Crippen molar-refractivity contribution in [1.82, 2.24) is 0 Å². The third kappa shape index (κ3) is 5.26. The fourth-order valence-electron chi connectivity index (χ4n) is 3.24. The van der Waals surface area contributed by atoms with Gasteiger partial charge in [0.25, 0.3) is 0 Å². The summed E-state index contributed by atoms with van der Waals surface area (Å²) in [7, 11) is 0. The first-order valence-corrected chi connectivity index (χ1v) is 8.15. The molecule has 19 heavy (non-hydrogen) atoms. The van der Waals surface area contributed by atoms with E-state index in [9.17, 15) is 5.11 Å². The van der Waals surface area contributed by atoms with Crippen molar-refractivity contribution in [2.45, 2.75) is 76.5 Å². The van der Waals surface area contributed by atoms with Gasteiger partial charge in [-0.05, 0) is 36.5 Å². The molecule has 1 nitrogen and oxygen atoms in total. The first-order chi connectivity index (χ1) is 9.36. The molecule has 1 saturated carbocycles. The molecule has 0 radical (unpaired) electrons. The second-order valence-electron chi connectivity index (χ2n) is 6.05. The zero-order chi connectivity index (χ0) is 13.3. The lowest BCUT2D eigenvalue weighted by Gasteiger charge is -2.18. The van der Waals surface area contributed by atoms with Crippen molar-refractivity contribution in [1.29, 1.82) is 0 Å². The van der Waals surface area contributed by atoms with Gasteiger partial charge in [-0.1, -0.05) is 69.9 Å². The van der Waals surface area contributed by atoms with Crippen LogP contribution >= 0.6 is 0 Å². The van der Waals surface area contributed by atoms with Gasteiger partial charge in [-0.3, -0.25) is 0 Å². The lowest BCUT2D eigenvalue weighted by molar-refractivity contribution is 0.463. The first-order valence-electron chi connectivity index (χ1n) is 8.15. The van der Waals surface area contributed by atoms with E-state index >= 15 is 0 Å². The van der Waals surface area contributed by atoms with Crippen LogP contribution in [0.2, 0.25) is 0 Å². The number of benzene rings is 1. The van der Waals surface area contributed by atoms with Crippen LogP contribution in [0.25, 0.3) is 0 Å². The van der Waals surface area contributed by atoms with Gasteiger partial charge in [0.1, 0.15) is 5.75 Å². The van der Waals surface area contributed by atoms with Gasteiger partial charge in [0.05, 0.1) is 0 Å². The highest BCUT2D eigenvalue weighted by atomic mass is 16.3. The van der Waals surface area contributed by atoms with E-state index in [1.807, 2.05) is 12.1 Å². The van der Waals surface area contributed by atoms with Crippen molar-refractivity contribution in [3.8, 4) is 5.75 Å². The summed E-state index contributed by atoms with van der Waals surface area (Å²) in [6, 6.07) is 7.91. The summed E-state index contributed by atoms with van der Waals surface area (Å²) >= 11 is 0. The molecular formula is C18H28O. The molecule has 1 heteroatoms. The van der Waals surface area contributed by atoms with Gasteiger partial charge < -0.3 is 5.11 Å². The van der Waals surface area contributed by atoms with Gasteiger partial charge in [0.15, 0.2) is 0 Å². The number of hydrogen-bond acceptors (Lipinski definition) is 1. The molecule has 1 fully saturated rings. The van der Waals surface area contributed by atoms with Crippen LogP contribution in [0, 0.1) is 0 Å². The van der Waals surface area contributed by atoms with Crippen molar-refractivity contribution < 1.29 is 5.11 Å². The second-order valence-corrected chi connectivity index (χ2v) is 6.05. The van der Waals surface area contributed by atoms with Crippen LogP contribution in [-0.4, -0.2) is 5.11 Å². The maximum Gasteiger partial charge on any atom is 0.115 e. The maximum atomic E-state index is 9.41. The van der Waals surface area contributed by atoms with Crippen molar-refractivity contribution >= 4 is 0 Å². The molecule has 2 rings (SSSR count). The Kier molecular flexibility index (Phi) is 6.26. The Bertz CT molecular complexity index is 329. The summed E-state index contributed by atoms with van der Waals surface area (Å²) in [4.78, 5) is 0. The minimum Gasteiger partial charge on any atom is -0.508 e. The van der Waals surface area contributed by atoms with Crippen LogP contribution in [0.3, 0.4) is 0 Å². The lowest BCUT2D eigenvalue weighted by Crippen LogP contribution is -2.00. The Morgan fingerprint density at radius 3 is 1.53 bits per heavy atom. The van der Waals surface area contributed by atoms with Gasteiger partial charge >= 0.3 is 0 Å². The maximum absolute atomic E-state index is 9.41. The van der Waals surface area contributed by atoms with Crippen LogP contribution in [0.5, 0.6) is 5.75 Å². The molecule has 0 spiro atoms. The molecular weight excluding hydrogens is 232 g/mol. The number of hydrogen-bond donors (Lipinski definition) is 1. The molecule has 0 aromatic heterocycles. The molecule has 106 valence electrons. The van der Waals surface area contributed by atoms with Crippen molar-refractivity contribution in [3.63, 3.8) is 0 Å². The molecule has 0 heterocycles. The topological polar surface area (TPSA) is 20.2 Å². The third-order valence-electron chi connectivity index (χ3n) is 4.47. The fourth-order valence-corrected chi connectivity index (χ4v) is 3.24. The highest BCUT2D eigenvalue weighted by Crippen LogP contribution is 2.30. The van der Waals surface area contributed by atoms with E-state index in [1.54, 1.807) is 0 Å². The predicted octanol–water partition coefficient (Wildman–Crippen LogP) is 5.78. The summed E-state index contributed by atoms with van der Waals surface area (Å²) in [5.41, 5.74) is 1.43.